The van der Waals surface area contributed by atoms with Crippen molar-refractivity contribution < 1.29 is 0 Å². The second-order valence-corrected chi connectivity index (χ2v) is 5.28. The van der Waals surface area contributed by atoms with Crippen LogP contribution in [0.25, 0.3) is 0 Å². The van der Waals surface area contributed by atoms with Crippen LogP contribution >= 0.6 is 0 Å². The number of hydrogen-bond donors (Lipinski definition) is 1. The van der Waals surface area contributed by atoms with Crippen LogP contribution in [-0.4, -0.2) is 4.98 Å². The molecular formula is C17H22N2. The highest BCUT2D eigenvalue weighted by atomic mass is 14.8. The van der Waals surface area contributed by atoms with E-state index in [1.807, 2.05) is 12.4 Å². The molecule has 0 fully saturated rings. The Labute approximate surface area is 115 Å². The van der Waals surface area contributed by atoms with Crippen LogP contribution in [-0.2, 0) is 13.1 Å². The Morgan fingerprint density at radius 1 is 0.947 bits per heavy atom. The highest BCUT2D eigenvalue weighted by Crippen LogP contribution is 2.16. The summed E-state index contributed by atoms with van der Waals surface area (Å²) in [5.74, 6) is 0. The van der Waals surface area contributed by atoms with Gasteiger partial charge in [0.25, 0.3) is 0 Å². The van der Waals surface area contributed by atoms with Crippen molar-refractivity contribution >= 4 is 0 Å². The van der Waals surface area contributed by atoms with Crippen LogP contribution in [0.2, 0.25) is 0 Å². The molecule has 0 spiro atoms. The van der Waals surface area contributed by atoms with E-state index < -0.39 is 0 Å². The Balaban J connectivity index is 2.02. The van der Waals surface area contributed by atoms with Gasteiger partial charge in [-0.2, -0.15) is 0 Å². The molecule has 2 aromatic rings. The zero-order valence-corrected chi connectivity index (χ0v) is 12.2. The lowest BCUT2D eigenvalue weighted by molar-refractivity contribution is 0.684. The van der Waals surface area contributed by atoms with Crippen LogP contribution in [0.1, 0.15) is 33.4 Å². The number of nitrogens with one attached hydrogen (secondary N) is 1. The molecule has 0 unspecified atom stereocenters. The zero-order valence-electron chi connectivity index (χ0n) is 12.2. The van der Waals surface area contributed by atoms with Crippen molar-refractivity contribution in [2.24, 2.45) is 0 Å². The average molecular weight is 254 g/mol. The topological polar surface area (TPSA) is 24.9 Å². The first-order chi connectivity index (χ1) is 9.08. The largest absolute Gasteiger partial charge is 0.309 e. The molecule has 1 aromatic carbocycles. The molecule has 0 aliphatic rings. The van der Waals surface area contributed by atoms with E-state index in [0.717, 1.165) is 13.1 Å². The van der Waals surface area contributed by atoms with E-state index in [-0.39, 0.29) is 0 Å². The van der Waals surface area contributed by atoms with Crippen LogP contribution in [0, 0.1) is 27.7 Å². The molecule has 0 radical (unpaired) electrons. The smallest absolute Gasteiger partial charge is 0.0300 e. The number of pyridine rings is 1. The molecule has 1 heterocycles. The Morgan fingerprint density at radius 2 is 1.63 bits per heavy atom. The third-order valence-corrected chi connectivity index (χ3v) is 3.59. The van der Waals surface area contributed by atoms with Crippen molar-refractivity contribution in [1.82, 2.24) is 10.3 Å². The lowest BCUT2D eigenvalue weighted by atomic mass is 10.00. The molecule has 0 aliphatic carbocycles. The maximum Gasteiger partial charge on any atom is 0.0300 e. The average Bonchev–Trinajstić information content (AvgIpc) is 2.34. The van der Waals surface area contributed by atoms with Crippen LogP contribution < -0.4 is 5.32 Å². The third kappa shape index (κ3) is 3.42. The monoisotopic (exact) mass is 254 g/mol. The molecular weight excluding hydrogens is 232 g/mol. The Bertz CT molecular complexity index is 550. The molecule has 0 atom stereocenters. The van der Waals surface area contributed by atoms with Gasteiger partial charge in [0, 0.05) is 25.5 Å². The van der Waals surface area contributed by atoms with Crippen LogP contribution in [0.5, 0.6) is 0 Å². The molecule has 19 heavy (non-hydrogen) atoms. The van der Waals surface area contributed by atoms with Gasteiger partial charge in [-0.3, -0.25) is 4.98 Å². The van der Waals surface area contributed by atoms with Gasteiger partial charge in [-0.25, -0.2) is 0 Å². The predicted molar refractivity (Wildman–Crippen MR) is 80.2 cm³/mol. The van der Waals surface area contributed by atoms with E-state index in [2.05, 4.69) is 56.2 Å². The van der Waals surface area contributed by atoms with E-state index in [1.54, 1.807) is 0 Å². The normalized spacial score (nSPS) is 10.7. The first-order valence-electron chi connectivity index (χ1n) is 6.75. The first kappa shape index (κ1) is 13.8. The summed E-state index contributed by atoms with van der Waals surface area (Å²) >= 11 is 0. The standard InChI is InChI=1S/C17H22N2/c1-12-7-13(2)17(14(3)8-12)11-19-10-16-5-6-18-9-15(16)4/h5-9,19H,10-11H2,1-4H3. The summed E-state index contributed by atoms with van der Waals surface area (Å²) in [7, 11) is 0. The van der Waals surface area contributed by atoms with Gasteiger partial charge in [-0.15, -0.1) is 0 Å². The molecule has 2 nitrogen and oxygen atoms in total. The Kier molecular flexibility index (Phi) is 4.33. The van der Waals surface area contributed by atoms with Crippen LogP contribution in [0.15, 0.2) is 30.6 Å². The molecule has 0 aliphatic heterocycles. The maximum atomic E-state index is 4.12. The number of nitrogens with zero attached hydrogens (tertiary/aromatic N) is 1. The lowest BCUT2D eigenvalue weighted by Crippen LogP contribution is -2.15. The fourth-order valence-electron chi connectivity index (χ4n) is 2.51. The summed E-state index contributed by atoms with van der Waals surface area (Å²) in [6, 6.07) is 6.58. The summed E-state index contributed by atoms with van der Waals surface area (Å²) in [4.78, 5) is 4.12. The van der Waals surface area contributed by atoms with Crippen molar-refractivity contribution in [2.45, 2.75) is 40.8 Å². The van der Waals surface area contributed by atoms with Crippen molar-refractivity contribution in [3.05, 3.63) is 64.0 Å². The highest BCUT2D eigenvalue weighted by molar-refractivity contribution is 5.37. The number of aryl methyl sites for hydroxylation is 4. The van der Waals surface area contributed by atoms with E-state index in [4.69, 9.17) is 0 Å². The predicted octanol–water partition coefficient (Wildman–Crippen LogP) is 3.61. The van der Waals surface area contributed by atoms with Gasteiger partial charge in [0.2, 0.25) is 0 Å². The minimum Gasteiger partial charge on any atom is -0.309 e. The second-order valence-electron chi connectivity index (χ2n) is 5.28. The number of rotatable bonds is 4. The third-order valence-electron chi connectivity index (χ3n) is 3.59. The SMILES string of the molecule is Cc1cc(C)c(CNCc2ccncc2C)c(C)c1. The van der Waals surface area contributed by atoms with E-state index >= 15 is 0 Å². The van der Waals surface area contributed by atoms with Crippen molar-refractivity contribution in [2.75, 3.05) is 0 Å². The van der Waals surface area contributed by atoms with Gasteiger partial charge < -0.3 is 5.32 Å². The van der Waals surface area contributed by atoms with Crippen molar-refractivity contribution in [3.8, 4) is 0 Å². The van der Waals surface area contributed by atoms with E-state index in [1.165, 1.54) is 33.4 Å². The Morgan fingerprint density at radius 3 is 2.26 bits per heavy atom. The Hall–Kier alpha value is -1.67. The number of hydrogen-bond acceptors (Lipinski definition) is 2. The molecule has 0 bridgehead atoms. The summed E-state index contributed by atoms with van der Waals surface area (Å²) in [6.07, 6.45) is 3.77. The van der Waals surface area contributed by atoms with E-state index in [9.17, 15) is 0 Å². The van der Waals surface area contributed by atoms with Crippen molar-refractivity contribution in [1.29, 1.82) is 0 Å². The molecule has 2 heteroatoms. The minimum absolute atomic E-state index is 0.890. The summed E-state index contributed by atoms with van der Waals surface area (Å²) < 4.78 is 0. The van der Waals surface area contributed by atoms with Gasteiger partial charge in [0.1, 0.15) is 0 Å². The maximum absolute atomic E-state index is 4.12. The molecule has 1 N–H and O–H groups in total. The van der Waals surface area contributed by atoms with Crippen LogP contribution in [0.3, 0.4) is 0 Å². The fraction of sp³-hybridized carbons (Fsp3) is 0.353. The van der Waals surface area contributed by atoms with Gasteiger partial charge in [0.05, 0.1) is 0 Å². The van der Waals surface area contributed by atoms with Gasteiger partial charge in [-0.1, -0.05) is 17.7 Å². The van der Waals surface area contributed by atoms with E-state index in [0.29, 0.717) is 0 Å². The number of benzene rings is 1. The van der Waals surface area contributed by atoms with Gasteiger partial charge >= 0.3 is 0 Å². The first-order valence-corrected chi connectivity index (χ1v) is 6.75. The quantitative estimate of drug-likeness (QED) is 0.901. The summed E-state index contributed by atoms with van der Waals surface area (Å²) in [5.41, 5.74) is 8.05. The highest BCUT2D eigenvalue weighted by Gasteiger charge is 2.04. The minimum atomic E-state index is 0.890. The van der Waals surface area contributed by atoms with Crippen molar-refractivity contribution in [3.63, 3.8) is 0 Å². The molecule has 0 saturated heterocycles. The summed E-state index contributed by atoms with van der Waals surface area (Å²) in [5, 5.41) is 3.53. The molecule has 2 rings (SSSR count). The molecule has 0 amide bonds. The molecule has 100 valence electrons. The zero-order chi connectivity index (χ0) is 13.8. The number of aromatic nitrogens is 1. The fourth-order valence-corrected chi connectivity index (χ4v) is 2.51. The summed E-state index contributed by atoms with van der Waals surface area (Å²) in [6.45, 7) is 10.4. The van der Waals surface area contributed by atoms with Gasteiger partial charge in [-0.05, 0) is 61.6 Å². The lowest BCUT2D eigenvalue weighted by Gasteiger charge is -2.13. The molecule has 1 aromatic heterocycles. The molecule has 0 saturated carbocycles. The van der Waals surface area contributed by atoms with Gasteiger partial charge in [0.15, 0.2) is 0 Å². The van der Waals surface area contributed by atoms with Crippen LogP contribution in [0.4, 0.5) is 0 Å². The second kappa shape index (κ2) is 5.98.